The van der Waals surface area contributed by atoms with Crippen molar-refractivity contribution in [2.24, 2.45) is 0 Å². The van der Waals surface area contributed by atoms with Crippen molar-refractivity contribution in [1.82, 2.24) is 4.98 Å². The number of carboxylic acids is 1. The summed E-state index contributed by atoms with van der Waals surface area (Å²) in [6.07, 6.45) is 3.35. The maximum Gasteiger partial charge on any atom is 0.307 e. The molecule has 1 aromatic heterocycles. The van der Waals surface area contributed by atoms with Gasteiger partial charge in [0.1, 0.15) is 8.07 Å². The molecule has 0 radical (unpaired) electrons. The molecule has 20 heavy (non-hydrogen) atoms. The summed E-state index contributed by atoms with van der Waals surface area (Å²) in [6, 6.07) is 5.87. The lowest BCUT2D eigenvalue weighted by Gasteiger charge is -2.05. The van der Waals surface area contributed by atoms with Gasteiger partial charge in [-0.3, -0.25) is 9.78 Å². The molecule has 0 aliphatic rings. The zero-order valence-electron chi connectivity index (χ0n) is 11.9. The quantitative estimate of drug-likeness (QED) is 0.680. The van der Waals surface area contributed by atoms with Gasteiger partial charge in [0, 0.05) is 23.3 Å². The van der Waals surface area contributed by atoms with Crippen LogP contribution in [0.15, 0.2) is 30.6 Å². The molecule has 0 aliphatic carbocycles. The minimum Gasteiger partial charge on any atom is -0.481 e. The summed E-state index contributed by atoms with van der Waals surface area (Å²) in [5, 5.41) is 10.8. The van der Waals surface area contributed by atoms with Crippen LogP contribution in [0.1, 0.15) is 11.1 Å². The Bertz CT molecular complexity index is 721. The Balaban J connectivity index is 2.51. The Morgan fingerprint density at radius 2 is 2.05 bits per heavy atom. The van der Waals surface area contributed by atoms with Gasteiger partial charge in [0.2, 0.25) is 0 Å². The number of hydrogen-bond acceptors (Lipinski definition) is 2. The van der Waals surface area contributed by atoms with Crippen LogP contribution >= 0.6 is 0 Å². The van der Waals surface area contributed by atoms with Gasteiger partial charge >= 0.3 is 5.97 Å². The molecule has 0 bridgehead atoms. The smallest absolute Gasteiger partial charge is 0.307 e. The van der Waals surface area contributed by atoms with Gasteiger partial charge in [-0.15, -0.1) is 5.54 Å². The van der Waals surface area contributed by atoms with E-state index in [0.717, 1.165) is 21.9 Å². The van der Waals surface area contributed by atoms with E-state index in [1.807, 2.05) is 18.2 Å². The highest BCUT2D eigenvalue weighted by atomic mass is 28.3. The average Bonchev–Trinajstić information content (AvgIpc) is 2.35. The van der Waals surface area contributed by atoms with Crippen molar-refractivity contribution in [2.45, 2.75) is 26.1 Å². The largest absolute Gasteiger partial charge is 0.481 e. The van der Waals surface area contributed by atoms with Gasteiger partial charge in [0.25, 0.3) is 0 Å². The van der Waals surface area contributed by atoms with Gasteiger partial charge in [-0.2, -0.15) is 0 Å². The lowest BCUT2D eigenvalue weighted by molar-refractivity contribution is -0.136. The minimum atomic E-state index is -1.41. The van der Waals surface area contributed by atoms with Crippen LogP contribution < -0.4 is 0 Å². The Morgan fingerprint density at radius 3 is 2.70 bits per heavy atom. The van der Waals surface area contributed by atoms with Gasteiger partial charge in [-0.1, -0.05) is 31.6 Å². The first kappa shape index (κ1) is 14.3. The van der Waals surface area contributed by atoms with E-state index in [-0.39, 0.29) is 6.42 Å². The van der Waals surface area contributed by atoms with Crippen molar-refractivity contribution in [2.75, 3.05) is 0 Å². The third-order valence-corrected chi connectivity index (χ3v) is 3.64. The average molecular weight is 283 g/mol. The molecular weight excluding hydrogens is 266 g/mol. The lowest BCUT2D eigenvalue weighted by atomic mass is 10.0. The molecule has 0 amide bonds. The van der Waals surface area contributed by atoms with E-state index >= 15 is 0 Å². The highest BCUT2D eigenvalue weighted by Gasteiger charge is 2.09. The Morgan fingerprint density at radius 1 is 1.30 bits per heavy atom. The number of fused-ring (bicyclic) bond motifs is 1. The standard InChI is InChI=1S/C16H17NO2Si/c1-20(2,3)7-6-12-4-5-13-10-17-11-14(9-16(18)19)15(13)8-12/h4-5,8,10-11H,9H2,1-3H3,(H,18,19). The van der Waals surface area contributed by atoms with Crippen LogP contribution in [0.3, 0.4) is 0 Å². The molecule has 0 atom stereocenters. The summed E-state index contributed by atoms with van der Waals surface area (Å²) in [7, 11) is -1.41. The number of aliphatic carboxylic acids is 1. The zero-order chi connectivity index (χ0) is 14.8. The van der Waals surface area contributed by atoms with E-state index in [1.54, 1.807) is 12.4 Å². The molecular formula is C16H17NO2Si. The van der Waals surface area contributed by atoms with Crippen LogP contribution in [0.2, 0.25) is 19.6 Å². The summed E-state index contributed by atoms with van der Waals surface area (Å²) in [6.45, 7) is 6.59. The van der Waals surface area contributed by atoms with Gasteiger partial charge < -0.3 is 5.11 Å². The second-order valence-electron chi connectivity index (χ2n) is 5.81. The SMILES string of the molecule is C[Si](C)(C)C#Cc1ccc2cncc(CC(=O)O)c2c1. The molecule has 0 spiro atoms. The number of rotatable bonds is 2. The second-order valence-corrected chi connectivity index (χ2v) is 10.6. The van der Waals surface area contributed by atoms with Crippen molar-refractivity contribution < 1.29 is 9.90 Å². The van der Waals surface area contributed by atoms with Crippen molar-refractivity contribution in [3.63, 3.8) is 0 Å². The summed E-state index contributed by atoms with van der Waals surface area (Å²) in [5.41, 5.74) is 4.98. The molecule has 2 aromatic rings. The van der Waals surface area contributed by atoms with Crippen LogP contribution in [0.5, 0.6) is 0 Å². The van der Waals surface area contributed by atoms with E-state index in [0.29, 0.717) is 0 Å². The molecule has 1 heterocycles. The second kappa shape index (κ2) is 5.47. The van der Waals surface area contributed by atoms with Crippen LogP contribution in [0.25, 0.3) is 10.8 Å². The Kier molecular flexibility index (Phi) is 3.91. The van der Waals surface area contributed by atoms with E-state index in [1.165, 1.54) is 0 Å². The minimum absolute atomic E-state index is 0.0186. The summed E-state index contributed by atoms with van der Waals surface area (Å²) < 4.78 is 0. The predicted octanol–water partition coefficient (Wildman–Crippen LogP) is 3.09. The van der Waals surface area contributed by atoms with Crippen molar-refractivity contribution in [3.05, 3.63) is 41.7 Å². The molecule has 1 aromatic carbocycles. The molecule has 0 saturated heterocycles. The summed E-state index contributed by atoms with van der Waals surface area (Å²) in [4.78, 5) is 15.0. The van der Waals surface area contributed by atoms with Crippen molar-refractivity contribution >= 4 is 24.8 Å². The predicted molar refractivity (Wildman–Crippen MR) is 83.3 cm³/mol. The highest BCUT2D eigenvalue weighted by molar-refractivity contribution is 6.83. The van der Waals surface area contributed by atoms with Gasteiger partial charge in [-0.05, 0) is 23.1 Å². The molecule has 0 saturated carbocycles. The van der Waals surface area contributed by atoms with E-state index in [9.17, 15) is 4.79 Å². The number of carbonyl (C=O) groups is 1. The molecule has 102 valence electrons. The Hall–Kier alpha value is -2.12. The third kappa shape index (κ3) is 3.69. The van der Waals surface area contributed by atoms with Crippen molar-refractivity contribution in [1.29, 1.82) is 0 Å². The van der Waals surface area contributed by atoms with Crippen molar-refractivity contribution in [3.8, 4) is 11.5 Å². The van der Waals surface area contributed by atoms with E-state index in [4.69, 9.17) is 5.11 Å². The molecule has 2 rings (SSSR count). The highest BCUT2D eigenvalue weighted by Crippen LogP contribution is 2.19. The molecule has 0 fully saturated rings. The fourth-order valence-corrected chi connectivity index (χ4v) is 2.38. The number of pyridine rings is 1. The maximum atomic E-state index is 10.9. The first-order valence-electron chi connectivity index (χ1n) is 6.47. The number of aromatic nitrogens is 1. The zero-order valence-corrected chi connectivity index (χ0v) is 12.9. The first-order chi connectivity index (χ1) is 9.35. The fraction of sp³-hybridized carbons (Fsp3) is 0.250. The molecule has 0 unspecified atom stereocenters. The molecule has 0 aliphatic heterocycles. The molecule has 1 N–H and O–H groups in total. The van der Waals surface area contributed by atoms with Crippen LogP contribution in [-0.4, -0.2) is 24.1 Å². The van der Waals surface area contributed by atoms with Gasteiger partial charge in [0.15, 0.2) is 0 Å². The molecule has 4 heteroatoms. The monoisotopic (exact) mass is 283 g/mol. The van der Waals surface area contributed by atoms with Crippen LogP contribution in [0.4, 0.5) is 0 Å². The van der Waals surface area contributed by atoms with E-state index in [2.05, 4.69) is 36.1 Å². The van der Waals surface area contributed by atoms with Gasteiger partial charge in [0.05, 0.1) is 6.42 Å². The number of carboxylic acid groups (broad SMARTS) is 1. The van der Waals surface area contributed by atoms with Crippen LogP contribution in [-0.2, 0) is 11.2 Å². The van der Waals surface area contributed by atoms with Gasteiger partial charge in [-0.25, -0.2) is 0 Å². The fourth-order valence-electron chi connectivity index (χ4n) is 1.87. The third-order valence-electron chi connectivity index (χ3n) is 2.77. The first-order valence-corrected chi connectivity index (χ1v) is 9.97. The topological polar surface area (TPSA) is 50.2 Å². The number of benzene rings is 1. The summed E-state index contributed by atoms with van der Waals surface area (Å²) in [5.74, 6) is 2.35. The maximum absolute atomic E-state index is 10.9. The number of hydrogen-bond donors (Lipinski definition) is 1. The van der Waals surface area contributed by atoms with E-state index < -0.39 is 14.0 Å². The number of nitrogens with zero attached hydrogens (tertiary/aromatic N) is 1. The summed E-state index contributed by atoms with van der Waals surface area (Å²) >= 11 is 0. The molecule has 3 nitrogen and oxygen atoms in total. The Labute approximate surface area is 119 Å². The van der Waals surface area contributed by atoms with Crippen LogP contribution in [0, 0.1) is 11.5 Å². The normalized spacial score (nSPS) is 10.9. The lowest BCUT2D eigenvalue weighted by Crippen LogP contribution is -2.16.